The van der Waals surface area contributed by atoms with Crippen molar-refractivity contribution in [3.8, 4) is 12.3 Å². The highest BCUT2D eigenvalue weighted by Gasteiger charge is 2.28. The van der Waals surface area contributed by atoms with Crippen LogP contribution in [0.1, 0.15) is 33.6 Å². The first-order chi connectivity index (χ1) is 8.72. The van der Waals surface area contributed by atoms with Crippen LogP contribution >= 0.6 is 11.8 Å². The summed E-state index contributed by atoms with van der Waals surface area (Å²) in [6.45, 7) is 10.5. The number of hydrogen-bond acceptors (Lipinski definition) is 3. The lowest BCUT2D eigenvalue weighted by molar-refractivity contribution is 0.113. The molecule has 0 aromatic heterocycles. The first-order valence-corrected chi connectivity index (χ1v) is 8.37. The van der Waals surface area contributed by atoms with E-state index in [2.05, 4.69) is 36.9 Å². The van der Waals surface area contributed by atoms with Gasteiger partial charge in [-0.2, -0.15) is 0 Å². The van der Waals surface area contributed by atoms with E-state index in [1.807, 2.05) is 11.8 Å². The Morgan fingerprint density at radius 1 is 1.50 bits per heavy atom. The van der Waals surface area contributed by atoms with Crippen molar-refractivity contribution in [3.05, 3.63) is 0 Å². The lowest BCUT2D eigenvalue weighted by Crippen LogP contribution is -2.58. The molecule has 104 valence electrons. The minimum Gasteiger partial charge on any atom is -0.311 e. The largest absolute Gasteiger partial charge is 0.311 e. The molecule has 3 unspecified atom stereocenters. The molecular formula is C15H28N2S. The maximum absolute atomic E-state index is 5.29. The van der Waals surface area contributed by atoms with Gasteiger partial charge in [-0.15, -0.1) is 18.2 Å². The van der Waals surface area contributed by atoms with E-state index in [9.17, 15) is 0 Å². The topological polar surface area (TPSA) is 15.3 Å². The summed E-state index contributed by atoms with van der Waals surface area (Å²) >= 11 is 1.88. The molecule has 2 nitrogen and oxygen atoms in total. The van der Waals surface area contributed by atoms with Crippen LogP contribution in [-0.4, -0.2) is 48.1 Å². The number of hydrogen-bond donors (Lipinski definition) is 1. The molecule has 1 saturated heterocycles. The smallest absolute Gasteiger partial charge is 0.0545 e. The van der Waals surface area contributed by atoms with Gasteiger partial charge in [0.05, 0.1) is 5.75 Å². The van der Waals surface area contributed by atoms with Gasteiger partial charge in [-0.1, -0.05) is 33.1 Å². The lowest BCUT2D eigenvalue weighted by Gasteiger charge is -2.42. The molecule has 3 heteroatoms. The zero-order chi connectivity index (χ0) is 13.4. The predicted molar refractivity (Wildman–Crippen MR) is 83.1 cm³/mol. The van der Waals surface area contributed by atoms with Gasteiger partial charge in [-0.05, 0) is 12.3 Å². The molecule has 1 aliphatic rings. The van der Waals surface area contributed by atoms with Gasteiger partial charge in [0.25, 0.3) is 0 Å². The predicted octanol–water partition coefficient (Wildman–Crippen LogP) is 2.45. The molecule has 1 N–H and O–H groups in total. The molecule has 0 spiro atoms. The number of rotatable bonds is 7. The Labute approximate surface area is 117 Å². The van der Waals surface area contributed by atoms with Crippen LogP contribution in [0.25, 0.3) is 0 Å². The third-order valence-electron chi connectivity index (χ3n) is 4.07. The van der Waals surface area contributed by atoms with Crippen molar-refractivity contribution in [1.82, 2.24) is 10.2 Å². The minimum absolute atomic E-state index is 0.662. The molecule has 1 heterocycles. The fourth-order valence-corrected chi connectivity index (χ4v) is 3.16. The summed E-state index contributed by atoms with van der Waals surface area (Å²) in [4.78, 5) is 2.66. The zero-order valence-electron chi connectivity index (χ0n) is 12.1. The van der Waals surface area contributed by atoms with Gasteiger partial charge in [0.2, 0.25) is 0 Å². The molecular weight excluding hydrogens is 240 g/mol. The highest BCUT2D eigenvalue weighted by Crippen LogP contribution is 2.17. The first kappa shape index (κ1) is 15.9. The second kappa shape index (κ2) is 8.85. The molecule has 0 aromatic rings. The second-order valence-corrected chi connectivity index (χ2v) is 6.32. The maximum Gasteiger partial charge on any atom is 0.0545 e. The number of nitrogens with zero attached hydrogens (tertiary/aromatic N) is 1. The molecule has 0 saturated carbocycles. The van der Waals surface area contributed by atoms with Crippen LogP contribution in [0.15, 0.2) is 0 Å². The molecule has 1 aliphatic heterocycles. The fourth-order valence-electron chi connectivity index (χ4n) is 2.54. The monoisotopic (exact) mass is 268 g/mol. The molecule has 0 bridgehead atoms. The lowest BCUT2D eigenvalue weighted by atomic mass is 9.95. The fraction of sp³-hybridized carbons (Fsp3) is 0.867. The van der Waals surface area contributed by atoms with E-state index < -0.39 is 0 Å². The van der Waals surface area contributed by atoms with E-state index in [1.54, 1.807) is 0 Å². The van der Waals surface area contributed by atoms with Crippen LogP contribution in [0.3, 0.4) is 0 Å². The van der Waals surface area contributed by atoms with Crippen molar-refractivity contribution in [1.29, 1.82) is 0 Å². The molecule has 3 atom stereocenters. The van der Waals surface area contributed by atoms with Crippen LogP contribution < -0.4 is 5.32 Å². The van der Waals surface area contributed by atoms with Gasteiger partial charge in [-0.25, -0.2) is 0 Å². The summed E-state index contributed by atoms with van der Waals surface area (Å²) in [5.41, 5.74) is 0. The van der Waals surface area contributed by atoms with Gasteiger partial charge in [0, 0.05) is 37.5 Å². The second-order valence-electron chi connectivity index (χ2n) is 5.21. The van der Waals surface area contributed by atoms with E-state index in [-0.39, 0.29) is 0 Å². The minimum atomic E-state index is 0.662. The number of thioether (sulfide) groups is 1. The summed E-state index contributed by atoms with van der Waals surface area (Å²) in [5, 5.41) is 3.72. The Bertz CT molecular complexity index is 262. The van der Waals surface area contributed by atoms with E-state index in [0.29, 0.717) is 12.1 Å². The average molecular weight is 268 g/mol. The Morgan fingerprint density at radius 2 is 2.28 bits per heavy atom. The highest BCUT2D eigenvalue weighted by atomic mass is 32.2. The molecule has 0 radical (unpaired) electrons. The molecule has 0 aromatic carbocycles. The molecule has 18 heavy (non-hydrogen) atoms. The summed E-state index contributed by atoms with van der Waals surface area (Å²) in [6, 6.07) is 1.37. The van der Waals surface area contributed by atoms with E-state index in [1.165, 1.54) is 25.9 Å². The zero-order valence-corrected chi connectivity index (χ0v) is 12.9. The summed E-state index contributed by atoms with van der Waals surface area (Å²) in [5.74, 6) is 5.47. The summed E-state index contributed by atoms with van der Waals surface area (Å²) in [7, 11) is 0. The van der Waals surface area contributed by atoms with E-state index in [4.69, 9.17) is 6.42 Å². The maximum atomic E-state index is 5.29. The average Bonchev–Trinajstić information content (AvgIpc) is 2.42. The highest BCUT2D eigenvalue weighted by molar-refractivity contribution is 7.99. The van der Waals surface area contributed by atoms with Gasteiger partial charge in [-0.3, -0.25) is 4.90 Å². The number of nitrogens with one attached hydrogen (secondary N) is 1. The van der Waals surface area contributed by atoms with Crippen LogP contribution in [0.2, 0.25) is 0 Å². The number of terminal acetylenes is 1. The van der Waals surface area contributed by atoms with Crippen LogP contribution in [0.4, 0.5) is 0 Å². The van der Waals surface area contributed by atoms with E-state index in [0.717, 1.165) is 24.0 Å². The SMILES string of the molecule is C#CCSCCN1CC(C(C)CC)NCC1CC. The van der Waals surface area contributed by atoms with Crippen LogP contribution in [-0.2, 0) is 0 Å². The van der Waals surface area contributed by atoms with Crippen molar-refractivity contribution in [2.24, 2.45) is 5.92 Å². The Hall–Kier alpha value is -0.170. The molecule has 0 aliphatic carbocycles. The van der Waals surface area contributed by atoms with Gasteiger partial charge in [0.15, 0.2) is 0 Å². The van der Waals surface area contributed by atoms with E-state index >= 15 is 0 Å². The quantitative estimate of drug-likeness (QED) is 0.564. The molecule has 0 amide bonds. The Balaban J connectivity index is 2.41. The molecule has 1 fully saturated rings. The van der Waals surface area contributed by atoms with Crippen molar-refractivity contribution in [2.45, 2.75) is 45.7 Å². The van der Waals surface area contributed by atoms with Crippen molar-refractivity contribution >= 4 is 11.8 Å². The normalized spacial score (nSPS) is 26.8. The van der Waals surface area contributed by atoms with Gasteiger partial charge < -0.3 is 5.32 Å². The van der Waals surface area contributed by atoms with Crippen molar-refractivity contribution in [2.75, 3.05) is 31.1 Å². The first-order valence-electron chi connectivity index (χ1n) is 7.21. The van der Waals surface area contributed by atoms with Gasteiger partial charge in [0.1, 0.15) is 0 Å². The summed E-state index contributed by atoms with van der Waals surface area (Å²) in [6.07, 6.45) is 7.78. The third kappa shape index (κ3) is 4.84. The standard InChI is InChI=1S/C15H28N2S/c1-5-9-18-10-8-17-12-15(13(4)6-2)16-11-14(17)7-3/h1,13-16H,6-12H2,2-4H3. The summed E-state index contributed by atoms with van der Waals surface area (Å²) < 4.78 is 0. The Morgan fingerprint density at radius 3 is 2.89 bits per heavy atom. The number of piperazine rings is 1. The molecule has 1 rings (SSSR count). The third-order valence-corrected chi connectivity index (χ3v) is 4.92. The van der Waals surface area contributed by atoms with Crippen LogP contribution in [0, 0.1) is 18.3 Å². The van der Waals surface area contributed by atoms with Crippen LogP contribution in [0.5, 0.6) is 0 Å². The van der Waals surface area contributed by atoms with Gasteiger partial charge >= 0.3 is 0 Å². The van der Waals surface area contributed by atoms with Crippen molar-refractivity contribution in [3.63, 3.8) is 0 Å². The Kier molecular flexibility index (Phi) is 7.81. The van der Waals surface area contributed by atoms with Crippen molar-refractivity contribution < 1.29 is 0 Å².